The molecule has 20 heavy (non-hydrogen) atoms. The van der Waals surface area contributed by atoms with Crippen LogP contribution < -0.4 is 4.74 Å². The van der Waals surface area contributed by atoms with E-state index in [1.807, 2.05) is 31.2 Å². The summed E-state index contributed by atoms with van der Waals surface area (Å²) in [6.07, 6.45) is -0.899. The average molecular weight is 278 g/mol. The summed E-state index contributed by atoms with van der Waals surface area (Å²) in [6, 6.07) is 11.3. The van der Waals surface area contributed by atoms with E-state index in [4.69, 9.17) is 4.74 Å². The van der Waals surface area contributed by atoms with Crippen LogP contribution in [0.15, 0.2) is 42.5 Å². The molecule has 2 aromatic rings. The second-order valence-corrected chi connectivity index (χ2v) is 4.61. The zero-order valence-corrected chi connectivity index (χ0v) is 11.1. The molecule has 0 saturated heterocycles. The van der Waals surface area contributed by atoms with Gasteiger partial charge in [0, 0.05) is 12.0 Å². The molecule has 0 spiro atoms. The summed E-state index contributed by atoms with van der Waals surface area (Å²) in [6.45, 7) is 2.17. The first-order valence-corrected chi connectivity index (χ1v) is 6.39. The van der Waals surface area contributed by atoms with Gasteiger partial charge in [0.05, 0.1) is 12.7 Å². The normalized spacial score (nSPS) is 12.2. The van der Waals surface area contributed by atoms with E-state index in [2.05, 4.69) is 0 Å². The number of hydrogen-bond donors (Lipinski definition) is 1. The Hall–Kier alpha value is -1.94. The maximum atomic E-state index is 13.5. The maximum Gasteiger partial charge on any atom is 0.164 e. The van der Waals surface area contributed by atoms with E-state index in [0.717, 1.165) is 11.6 Å². The summed E-state index contributed by atoms with van der Waals surface area (Å²) in [5.74, 6) is -1.27. The highest BCUT2D eigenvalue weighted by molar-refractivity contribution is 5.27. The third kappa shape index (κ3) is 3.54. The monoisotopic (exact) mass is 278 g/mol. The van der Waals surface area contributed by atoms with Gasteiger partial charge in [0.25, 0.3) is 0 Å². The van der Waals surface area contributed by atoms with E-state index < -0.39 is 17.7 Å². The van der Waals surface area contributed by atoms with Gasteiger partial charge < -0.3 is 9.84 Å². The van der Waals surface area contributed by atoms with Gasteiger partial charge in [-0.3, -0.25) is 0 Å². The molecule has 0 amide bonds. The topological polar surface area (TPSA) is 29.5 Å². The van der Waals surface area contributed by atoms with Crippen LogP contribution in [0.3, 0.4) is 0 Å². The van der Waals surface area contributed by atoms with Gasteiger partial charge >= 0.3 is 0 Å². The molecule has 106 valence electrons. The molecule has 0 heterocycles. The van der Waals surface area contributed by atoms with Crippen LogP contribution in [0.5, 0.6) is 5.75 Å². The summed E-state index contributed by atoms with van der Waals surface area (Å²) in [4.78, 5) is 0. The molecular formula is C16H16F2O2. The molecule has 0 bridgehead atoms. The molecule has 0 aliphatic heterocycles. The first-order chi connectivity index (χ1) is 9.58. The molecule has 1 unspecified atom stereocenters. The van der Waals surface area contributed by atoms with Gasteiger partial charge in [0.2, 0.25) is 0 Å². The predicted octanol–water partition coefficient (Wildman–Crippen LogP) is 3.78. The lowest BCUT2D eigenvalue weighted by atomic mass is 10.1. The Morgan fingerprint density at radius 3 is 2.65 bits per heavy atom. The van der Waals surface area contributed by atoms with Gasteiger partial charge in [-0.05, 0) is 30.7 Å². The number of aryl methyl sites for hydroxylation is 1. The second-order valence-electron chi connectivity index (χ2n) is 4.61. The van der Waals surface area contributed by atoms with Crippen LogP contribution in [0, 0.1) is 18.6 Å². The molecule has 4 heteroatoms. The van der Waals surface area contributed by atoms with Gasteiger partial charge in [0.15, 0.2) is 11.6 Å². The number of rotatable bonds is 5. The van der Waals surface area contributed by atoms with E-state index >= 15 is 0 Å². The van der Waals surface area contributed by atoms with Crippen LogP contribution in [0.25, 0.3) is 0 Å². The zero-order chi connectivity index (χ0) is 14.5. The van der Waals surface area contributed by atoms with Crippen LogP contribution in [-0.4, -0.2) is 11.7 Å². The first-order valence-electron chi connectivity index (χ1n) is 6.39. The van der Waals surface area contributed by atoms with Crippen molar-refractivity contribution >= 4 is 0 Å². The van der Waals surface area contributed by atoms with Crippen molar-refractivity contribution in [2.75, 3.05) is 6.61 Å². The van der Waals surface area contributed by atoms with Crippen molar-refractivity contribution in [3.05, 3.63) is 65.2 Å². The Balaban J connectivity index is 1.92. The third-order valence-corrected chi connectivity index (χ3v) is 2.99. The summed E-state index contributed by atoms with van der Waals surface area (Å²) >= 11 is 0. The smallest absolute Gasteiger partial charge is 0.164 e. The van der Waals surface area contributed by atoms with Crippen molar-refractivity contribution in [1.29, 1.82) is 0 Å². The minimum absolute atomic E-state index is 0.0437. The fraction of sp³-hybridized carbons (Fsp3) is 0.250. The Morgan fingerprint density at radius 1 is 1.15 bits per heavy atom. The molecule has 0 saturated carbocycles. The highest BCUT2D eigenvalue weighted by Gasteiger charge is 2.15. The Bertz CT molecular complexity index is 584. The SMILES string of the molecule is Cc1cccc(OCCC(O)c2cccc(F)c2F)c1. The molecule has 0 aliphatic carbocycles. The Labute approximate surface area is 116 Å². The lowest BCUT2D eigenvalue weighted by Gasteiger charge is -2.13. The zero-order valence-electron chi connectivity index (χ0n) is 11.1. The maximum absolute atomic E-state index is 13.5. The van der Waals surface area contributed by atoms with Crippen LogP contribution in [0.1, 0.15) is 23.7 Å². The fourth-order valence-electron chi connectivity index (χ4n) is 1.93. The van der Waals surface area contributed by atoms with Crippen LogP contribution >= 0.6 is 0 Å². The standard InChI is InChI=1S/C16H16F2O2/c1-11-4-2-5-12(10-11)20-9-8-15(19)13-6-3-7-14(17)16(13)18/h2-7,10,15,19H,8-9H2,1H3. The molecule has 2 aromatic carbocycles. The van der Waals surface area contributed by atoms with Crippen LogP contribution in [0.2, 0.25) is 0 Å². The van der Waals surface area contributed by atoms with E-state index in [-0.39, 0.29) is 18.6 Å². The Morgan fingerprint density at radius 2 is 1.90 bits per heavy atom. The highest BCUT2D eigenvalue weighted by Crippen LogP contribution is 2.22. The van der Waals surface area contributed by atoms with Gasteiger partial charge in [-0.1, -0.05) is 24.3 Å². The summed E-state index contributed by atoms with van der Waals surface area (Å²) in [7, 11) is 0. The predicted molar refractivity (Wildman–Crippen MR) is 72.6 cm³/mol. The number of hydrogen-bond acceptors (Lipinski definition) is 2. The minimum atomic E-state index is -1.09. The first kappa shape index (κ1) is 14.5. The van der Waals surface area contributed by atoms with Crippen LogP contribution in [0.4, 0.5) is 8.78 Å². The van der Waals surface area contributed by atoms with Gasteiger partial charge in [0.1, 0.15) is 5.75 Å². The van der Waals surface area contributed by atoms with Crippen molar-refractivity contribution in [2.45, 2.75) is 19.4 Å². The third-order valence-electron chi connectivity index (χ3n) is 2.99. The molecular weight excluding hydrogens is 262 g/mol. The average Bonchev–Trinajstić information content (AvgIpc) is 2.42. The largest absolute Gasteiger partial charge is 0.493 e. The van der Waals surface area contributed by atoms with Gasteiger partial charge in [-0.15, -0.1) is 0 Å². The quantitative estimate of drug-likeness (QED) is 0.902. The summed E-state index contributed by atoms with van der Waals surface area (Å²) in [5.41, 5.74) is 1.03. The molecule has 0 fully saturated rings. The van der Waals surface area contributed by atoms with E-state index in [1.165, 1.54) is 12.1 Å². The summed E-state index contributed by atoms with van der Waals surface area (Å²) in [5, 5.41) is 9.87. The van der Waals surface area contributed by atoms with Crippen molar-refractivity contribution < 1.29 is 18.6 Å². The lowest BCUT2D eigenvalue weighted by Crippen LogP contribution is -2.08. The highest BCUT2D eigenvalue weighted by atomic mass is 19.2. The van der Waals surface area contributed by atoms with Crippen molar-refractivity contribution in [2.24, 2.45) is 0 Å². The number of aliphatic hydroxyl groups is 1. The fourth-order valence-corrected chi connectivity index (χ4v) is 1.93. The van der Waals surface area contributed by atoms with Crippen LogP contribution in [-0.2, 0) is 0 Å². The number of aliphatic hydroxyl groups excluding tert-OH is 1. The van der Waals surface area contributed by atoms with Crippen molar-refractivity contribution in [3.63, 3.8) is 0 Å². The molecule has 0 aliphatic rings. The molecule has 2 rings (SSSR count). The van der Waals surface area contributed by atoms with E-state index in [0.29, 0.717) is 5.75 Å². The number of ether oxygens (including phenoxy) is 1. The second kappa shape index (κ2) is 6.48. The molecule has 1 N–H and O–H groups in total. The van der Waals surface area contributed by atoms with E-state index in [9.17, 15) is 13.9 Å². The van der Waals surface area contributed by atoms with Crippen molar-refractivity contribution in [1.82, 2.24) is 0 Å². The Kier molecular flexibility index (Phi) is 4.69. The van der Waals surface area contributed by atoms with E-state index in [1.54, 1.807) is 0 Å². The van der Waals surface area contributed by atoms with Crippen molar-refractivity contribution in [3.8, 4) is 5.75 Å². The number of halogens is 2. The molecule has 1 atom stereocenters. The lowest BCUT2D eigenvalue weighted by molar-refractivity contribution is 0.136. The summed E-state index contributed by atoms with van der Waals surface area (Å²) < 4.78 is 32.0. The van der Waals surface area contributed by atoms with Gasteiger partial charge in [-0.25, -0.2) is 8.78 Å². The molecule has 2 nitrogen and oxygen atoms in total. The van der Waals surface area contributed by atoms with Gasteiger partial charge in [-0.2, -0.15) is 0 Å². The molecule has 0 radical (unpaired) electrons. The minimum Gasteiger partial charge on any atom is -0.493 e. The number of benzene rings is 2. The molecule has 0 aromatic heterocycles.